The quantitative estimate of drug-likeness (QED) is 0.727. The number of hydrogen-bond donors (Lipinski definition) is 1. The lowest BCUT2D eigenvalue weighted by molar-refractivity contribution is -0.127. The van der Waals surface area contributed by atoms with Crippen LogP contribution in [0.2, 0.25) is 0 Å². The lowest BCUT2D eigenvalue weighted by Gasteiger charge is -2.32. The van der Waals surface area contributed by atoms with Crippen LogP contribution in [0.15, 0.2) is 48.5 Å². The van der Waals surface area contributed by atoms with E-state index in [2.05, 4.69) is 28.4 Å². The van der Waals surface area contributed by atoms with Gasteiger partial charge in [-0.15, -0.1) is 0 Å². The van der Waals surface area contributed by atoms with Crippen LogP contribution in [0.5, 0.6) is 11.5 Å². The molecule has 5 nitrogen and oxygen atoms in total. The van der Waals surface area contributed by atoms with Gasteiger partial charge in [0.25, 0.3) is 0 Å². The van der Waals surface area contributed by atoms with E-state index >= 15 is 0 Å². The van der Waals surface area contributed by atoms with E-state index in [9.17, 15) is 4.79 Å². The van der Waals surface area contributed by atoms with Crippen LogP contribution >= 0.6 is 0 Å². The summed E-state index contributed by atoms with van der Waals surface area (Å²) in [5.41, 5.74) is 2.34. The molecule has 1 aliphatic rings. The average Bonchev–Trinajstić information content (AvgIpc) is 2.76. The van der Waals surface area contributed by atoms with Gasteiger partial charge < -0.3 is 14.8 Å². The Morgan fingerprint density at radius 2 is 1.86 bits per heavy atom. The highest BCUT2D eigenvalue weighted by Gasteiger charge is 2.26. The molecular formula is C24H32N2O3. The van der Waals surface area contributed by atoms with E-state index < -0.39 is 0 Å². The van der Waals surface area contributed by atoms with E-state index in [0.29, 0.717) is 6.61 Å². The van der Waals surface area contributed by atoms with Gasteiger partial charge in [0.1, 0.15) is 0 Å². The van der Waals surface area contributed by atoms with Crippen molar-refractivity contribution < 1.29 is 14.3 Å². The third-order valence-corrected chi connectivity index (χ3v) is 5.55. The van der Waals surface area contributed by atoms with Gasteiger partial charge in [-0.05, 0) is 63.0 Å². The van der Waals surface area contributed by atoms with E-state index in [1.54, 1.807) is 7.11 Å². The molecule has 1 aliphatic heterocycles. The molecule has 1 unspecified atom stereocenters. The van der Waals surface area contributed by atoms with Crippen molar-refractivity contribution in [1.29, 1.82) is 0 Å². The number of benzene rings is 2. The summed E-state index contributed by atoms with van der Waals surface area (Å²) < 4.78 is 11.0. The summed E-state index contributed by atoms with van der Waals surface area (Å²) >= 11 is 0. The van der Waals surface area contributed by atoms with E-state index in [1.165, 1.54) is 5.56 Å². The maximum atomic E-state index is 12.7. The Bertz CT molecular complexity index is 786. The van der Waals surface area contributed by atoms with E-state index in [4.69, 9.17) is 9.47 Å². The van der Waals surface area contributed by atoms with Gasteiger partial charge in [-0.3, -0.25) is 9.69 Å². The Balaban J connectivity index is 1.49. The summed E-state index contributed by atoms with van der Waals surface area (Å²) in [4.78, 5) is 15.1. The van der Waals surface area contributed by atoms with Crippen molar-refractivity contribution in [3.8, 4) is 11.5 Å². The predicted molar refractivity (Wildman–Crippen MR) is 115 cm³/mol. The van der Waals surface area contributed by atoms with Crippen LogP contribution in [-0.4, -0.2) is 37.6 Å². The third-order valence-electron chi connectivity index (χ3n) is 5.55. The monoisotopic (exact) mass is 396 g/mol. The first-order valence-electron chi connectivity index (χ1n) is 10.5. The van der Waals surface area contributed by atoms with Crippen molar-refractivity contribution in [2.24, 2.45) is 5.92 Å². The summed E-state index contributed by atoms with van der Waals surface area (Å²) in [6, 6.07) is 16.3. The topological polar surface area (TPSA) is 50.8 Å². The maximum Gasteiger partial charge on any atom is 0.223 e. The number of methoxy groups -OCH3 is 1. The lowest BCUT2D eigenvalue weighted by atomic mass is 9.95. The normalized spacial score (nSPS) is 16.2. The molecule has 1 N–H and O–H groups in total. The Morgan fingerprint density at radius 1 is 1.14 bits per heavy atom. The van der Waals surface area contributed by atoms with Crippen LogP contribution in [0.3, 0.4) is 0 Å². The first kappa shape index (κ1) is 21.2. The van der Waals surface area contributed by atoms with Crippen LogP contribution in [0.4, 0.5) is 0 Å². The number of carbonyl (C=O) groups excluding carboxylic acids is 1. The minimum absolute atomic E-state index is 0.0399. The molecule has 1 amide bonds. The van der Waals surface area contributed by atoms with Gasteiger partial charge in [0.15, 0.2) is 11.5 Å². The summed E-state index contributed by atoms with van der Waals surface area (Å²) in [6.07, 6.45) is 1.78. The van der Waals surface area contributed by atoms with Crippen molar-refractivity contribution in [3.63, 3.8) is 0 Å². The highest BCUT2D eigenvalue weighted by Crippen LogP contribution is 2.29. The van der Waals surface area contributed by atoms with E-state index in [1.807, 2.05) is 44.2 Å². The van der Waals surface area contributed by atoms with Gasteiger partial charge in [-0.25, -0.2) is 0 Å². The lowest BCUT2D eigenvalue weighted by Crippen LogP contribution is -2.40. The molecule has 0 aromatic heterocycles. The summed E-state index contributed by atoms with van der Waals surface area (Å²) in [5, 5.41) is 3.18. The first-order valence-corrected chi connectivity index (χ1v) is 10.5. The zero-order chi connectivity index (χ0) is 20.6. The number of nitrogens with zero attached hydrogens (tertiary/aromatic N) is 1. The number of rotatable bonds is 8. The summed E-state index contributed by atoms with van der Waals surface area (Å²) in [7, 11) is 1.67. The fourth-order valence-corrected chi connectivity index (χ4v) is 3.85. The van der Waals surface area contributed by atoms with Gasteiger partial charge >= 0.3 is 0 Å². The molecule has 2 aromatic rings. The molecule has 0 bridgehead atoms. The van der Waals surface area contributed by atoms with Crippen LogP contribution in [-0.2, 0) is 11.3 Å². The number of ether oxygens (including phenoxy) is 2. The molecule has 1 fully saturated rings. The van der Waals surface area contributed by atoms with Gasteiger partial charge in [0, 0.05) is 12.5 Å². The smallest absolute Gasteiger partial charge is 0.223 e. The number of piperidine rings is 1. The molecule has 1 atom stereocenters. The van der Waals surface area contributed by atoms with Crippen LogP contribution in [0.1, 0.15) is 43.9 Å². The van der Waals surface area contributed by atoms with Gasteiger partial charge in [0.2, 0.25) is 5.91 Å². The second-order valence-electron chi connectivity index (χ2n) is 7.61. The zero-order valence-corrected chi connectivity index (χ0v) is 17.7. The largest absolute Gasteiger partial charge is 0.493 e. The number of amides is 1. The Hall–Kier alpha value is -2.53. The molecule has 29 heavy (non-hydrogen) atoms. The Labute approximate surface area is 174 Å². The van der Waals surface area contributed by atoms with Crippen molar-refractivity contribution in [3.05, 3.63) is 59.7 Å². The highest BCUT2D eigenvalue weighted by atomic mass is 16.5. The minimum Gasteiger partial charge on any atom is -0.493 e. The second-order valence-corrected chi connectivity index (χ2v) is 7.61. The second kappa shape index (κ2) is 10.3. The number of likely N-dealkylation sites (tertiary alicyclic amines) is 1. The fourth-order valence-electron chi connectivity index (χ4n) is 3.85. The van der Waals surface area contributed by atoms with Gasteiger partial charge in [-0.2, -0.15) is 0 Å². The Kier molecular flexibility index (Phi) is 7.53. The zero-order valence-electron chi connectivity index (χ0n) is 17.7. The predicted octanol–water partition coefficient (Wildman–Crippen LogP) is 4.18. The number of carbonyl (C=O) groups is 1. The number of nitrogens with one attached hydrogen (secondary N) is 1. The highest BCUT2D eigenvalue weighted by molar-refractivity contribution is 5.79. The average molecular weight is 397 g/mol. The van der Waals surface area contributed by atoms with Gasteiger partial charge in [-0.1, -0.05) is 36.4 Å². The molecule has 2 aromatic carbocycles. The molecule has 1 heterocycles. The van der Waals surface area contributed by atoms with E-state index in [-0.39, 0.29) is 17.9 Å². The van der Waals surface area contributed by atoms with Crippen molar-refractivity contribution in [1.82, 2.24) is 10.2 Å². The number of hydrogen-bond acceptors (Lipinski definition) is 4. The van der Waals surface area contributed by atoms with Crippen molar-refractivity contribution >= 4 is 5.91 Å². The Morgan fingerprint density at radius 3 is 2.52 bits per heavy atom. The first-order chi connectivity index (χ1) is 14.1. The van der Waals surface area contributed by atoms with E-state index in [0.717, 1.165) is 49.5 Å². The molecule has 0 saturated carbocycles. The SMILES string of the molecule is CCOc1ccc(CN2CCC(C(=O)NC(C)c3ccccc3)CC2)cc1OC. The van der Waals surface area contributed by atoms with Gasteiger partial charge in [0.05, 0.1) is 19.8 Å². The standard InChI is InChI=1S/C24H32N2O3/c1-4-29-22-11-10-19(16-23(22)28-3)17-26-14-12-21(13-15-26)24(27)25-18(2)20-8-6-5-7-9-20/h5-11,16,18,21H,4,12-15,17H2,1-3H3,(H,25,27). The molecule has 156 valence electrons. The van der Waals surface area contributed by atoms with Crippen LogP contribution < -0.4 is 14.8 Å². The molecule has 1 saturated heterocycles. The summed E-state index contributed by atoms with van der Waals surface area (Å²) in [6.45, 7) is 7.34. The molecule has 0 aliphatic carbocycles. The molecule has 5 heteroatoms. The minimum atomic E-state index is 0.0399. The summed E-state index contributed by atoms with van der Waals surface area (Å²) in [5.74, 6) is 1.81. The van der Waals surface area contributed by atoms with Crippen LogP contribution in [0.25, 0.3) is 0 Å². The third kappa shape index (κ3) is 5.73. The van der Waals surface area contributed by atoms with Crippen LogP contribution in [0, 0.1) is 5.92 Å². The molecule has 0 radical (unpaired) electrons. The maximum absolute atomic E-state index is 12.7. The molecular weight excluding hydrogens is 364 g/mol. The van der Waals surface area contributed by atoms with Crippen molar-refractivity contribution in [2.45, 2.75) is 39.3 Å². The molecule has 0 spiro atoms. The molecule has 3 rings (SSSR count). The van der Waals surface area contributed by atoms with Crippen molar-refractivity contribution in [2.75, 3.05) is 26.8 Å². The fraction of sp³-hybridized carbons (Fsp3) is 0.458.